The molecule has 0 radical (unpaired) electrons. The summed E-state index contributed by atoms with van der Waals surface area (Å²) in [6, 6.07) is 7.14. The Kier molecular flexibility index (Phi) is 5.83. The van der Waals surface area contributed by atoms with Gasteiger partial charge in [0.1, 0.15) is 5.75 Å². The minimum atomic E-state index is -0.503. The summed E-state index contributed by atoms with van der Waals surface area (Å²) in [7, 11) is 0. The summed E-state index contributed by atoms with van der Waals surface area (Å²) in [6.07, 6.45) is -0.999. The molecule has 0 aromatic heterocycles. The largest absolute Gasteiger partial charge is 0.481 e. The van der Waals surface area contributed by atoms with E-state index in [1.807, 2.05) is 13.8 Å². The summed E-state index contributed by atoms with van der Waals surface area (Å²) in [4.78, 5) is 13.8. The maximum absolute atomic E-state index is 12.0. The lowest BCUT2D eigenvalue weighted by Crippen LogP contribution is -2.40. The Labute approximate surface area is 115 Å². The first-order valence-corrected chi connectivity index (χ1v) is 6.73. The molecular weight excluding hydrogens is 242 g/mol. The predicted molar refractivity (Wildman–Crippen MR) is 75.1 cm³/mol. The van der Waals surface area contributed by atoms with Crippen molar-refractivity contribution in [1.29, 1.82) is 0 Å². The number of benzene rings is 1. The monoisotopic (exact) mass is 265 g/mol. The van der Waals surface area contributed by atoms with Gasteiger partial charge in [-0.25, -0.2) is 0 Å². The van der Waals surface area contributed by atoms with Gasteiger partial charge in [-0.2, -0.15) is 0 Å². The molecule has 0 aliphatic rings. The number of amides is 1. The lowest BCUT2D eigenvalue weighted by atomic mass is 10.1. The highest BCUT2D eigenvalue weighted by Gasteiger charge is 2.19. The van der Waals surface area contributed by atoms with Crippen molar-refractivity contribution < 1.29 is 14.6 Å². The number of aliphatic hydroxyl groups excluding tert-OH is 1. The van der Waals surface area contributed by atoms with E-state index in [1.165, 1.54) is 0 Å². The molecule has 1 N–H and O–H groups in total. The van der Waals surface area contributed by atoms with Crippen molar-refractivity contribution in [2.45, 2.75) is 39.9 Å². The molecule has 19 heavy (non-hydrogen) atoms. The van der Waals surface area contributed by atoms with Crippen LogP contribution in [0.25, 0.3) is 0 Å². The van der Waals surface area contributed by atoms with Crippen LogP contribution in [0.1, 0.15) is 39.4 Å². The van der Waals surface area contributed by atoms with Gasteiger partial charge in [0.25, 0.3) is 5.91 Å². The van der Waals surface area contributed by atoms with Crippen LogP contribution in [0, 0.1) is 0 Å². The molecule has 0 spiro atoms. The van der Waals surface area contributed by atoms with Crippen LogP contribution in [-0.2, 0) is 4.79 Å². The average molecular weight is 265 g/mol. The number of ether oxygens (including phenoxy) is 1. The number of likely N-dealkylation sites (N-methyl/N-ethyl adjacent to an activating group) is 1. The average Bonchev–Trinajstić information content (AvgIpc) is 2.40. The highest BCUT2D eigenvalue weighted by atomic mass is 16.5. The van der Waals surface area contributed by atoms with Crippen molar-refractivity contribution in [2.75, 3.05) is 13.1 Å². The number of aliphatic hydroxyl groups is 1. The van der Waals surface area contributed by atoms with Gasteiger partial charge >= 0.3 is 0 Å². The third kappa shape index (κ3) is 4.24. The second kappa shape index (κ2) is 7.14. The molecular formula is C15H23NO3. The topological polar surface area (TPSA) is 49.8 Å². The molecule has 1 rings (SSSR count). The second-order valence-electron chi connectivity index (χ2n) is 4.52. The maximum Gasteiger partial charge on any atom is 0.263 e. The fourth-order valence-electron chi connectivity index (χ4n) is 1.87. The van der Waals surface area contributed by atoms with Gasteiger partial charge in [0, 0.05) is 13.1 Å². The first kappa shape index (κ1) is 15.5. The molecule has 0 aliphatic heterocycles. The van der Waals surface area contributed by atoms with Crippen LogP contribution >= 0.6 is 0 Å². The van der Waals surface area contributed by atoms with Crippen LogP contribution in [0.3, 0.4) is 0 Å². The van der Waals surface area contributed by atoms with Crippen molar-refractivity contribution in [3.63, 3.8) is 0 Å². The maximum atomic E-state index is 12.0. The van der Waals surface area contributed by atoms with E-state index in [4.69, 9.17) is 4.74 Å². The Balaban J connectivity index is 2.66. The van der Waals surface area contributed by atoms with Crippen molar-refractivity contribution in [1.82, 2.24) is 4.90 Å². The molecule has 1 amide bonds. The summed E-state index contributed by atoms with van der Waals surface area (Å²) >= 11 is 0. The summed E-state index contributed by atoms with van der Waals surface area (Å²) < 4.78 is 5.62. The molecule has 0 heterocycles. The van der Waals surface area contributed by atoms with Crippen LogP contribution in [0.4, 0.5) is 0 Å². The number of hydrogen-bond acceptors (Lipinski definition) is 3. The second-order valence-corrected chi connectivity index (χ2v) is 4.52. The lowest BCUT2D eigenvalue weighted by Gasteiger charge is -2.23. The highest BCUT2D eigenvalue weighted by molar-refractivity contribution is 5.80. The van der Waals surface area contributed by atoms with Crippen LogP contribution in [0.2, 0.25) is 0 Å². The molecule has 1 aromatic rings. The third-order valence-electron chi connectivity index (χ3n) is 3.10. The van der Waals surface area contributed by atoms with E-state index in [0.29, 0.717) is 18.8 Å². The van der Waals surface area contributed by atoms with Crippen molar-refractivity contribution in [3.05, 3.63) is 29.8 Å². The van der Waals surface area contributed by atoms with E-state index in [-0.39, 0.29) is 5.91 Å². The van der Waals surface area contributed by atoms with E-state index >= 15 is 0 Å². The van der Waals surface area contributed by atoms with Crippen LogP contribution in [0.5, 0.6) is 5.75 Å². The lowest BCUT2D eigenvalue weighted by molar-refractivity contribution is -0.137. The molecule has 106 valence electrons. The number of carbonyl (C=O) groups excluding carboxylic acids is 1. The van der Waals surface area contributed by atoms with E-state index in [2.05, 4.69) is 0 Å². The van der Waals surface area contributed by atoms with Crippen LogP contribution < -0.4 is 4.74 Å². The fourth-order valence-corrected chi connectivity index (χ4v) is 1.87. The van der Waals surface area contributed by atoms with Crippen molar-refractivity contribution in [3.8, 4) is 5.75 Å². The minimum absolute atomic E-state index is 0.00963. The van der Waals surface area contributed by atoms with Crippen molar-refractivity contribution in [2.24, 2.45) is 0 Å². The first-order chi connectivity index (χ1) is 8.99. The summed E-state index contributed by atoms with van der Waals surface area (Å²) in [6.45, 7) is 8.73. The zero-order valence-electron chi connectivity index (χ0n) is 12.1. The van der Waals surface area contributed by atoms with E-state index in [9.17, 15) is 9.90 Å². The molecule has 2 atom stereocenters. The van der Waals surface area contributed by atoms with E-state index < -0.39 is 12.2 Å². The molecule has 0 saturated heterocycles. The molecule has 0 bridgehead atoms. The van der Waals surface area contributed by atoms with Crippen molar-refractivity contribution >= 4 is 5.91 Å². The SMILES string of the molecule is CCN(CC)C(=O)C(C)Oc1ccc(C(C)O)cc1. The van der Waals surface area contributed by atoms with E-state index in [1.54, 1.807) is 43.0 Å². The Bertz CT molecular complexity index is 396. The number of hydrogen-bond donors (Lipinski definition) is 1. The molecule has 2 unspecified atom stereocenters. The highest BCUT2D eigenvalue weighted by Crippen LogP contribution is 2.18. The van der Waals surface area contributed by atoms with E-state index in [0.717, 1.165) is 5.56 Å². The molecule has 4 heteroatoms. The first-order valence-electron chi connectivity index (χ1n) is 6.73. The third-order valence-corrected chi connectivity index (χ3v) is 3.10. The number of carbonyl (C=O) groups is 1. The van der Waals surface area contributed by atoms with Gasteiger partial charge in [0.15, 0.2) is 6.10 Å². The van der Waals surface area contributed by atoms with Gasteiger partial charge in [0.2, 0.25) is 0 Å². The summed E-state index contributed by atoms with van der Waals surface area (Å²) in [5.41, 5.74) is 0.829. The molecule has 0 aliphatic carbocycles. The minimum Gasteiger partial charge on any atom is -0.481 e. The normalized spacial score (nSPS) is 13.7. The Morgan fingerprint density at radius 1 is 1.21 bits per heavy atom. The molecule has 1 aromatic carbocycles. The summed E-state index contributed by atoms with van der Waals surface area (Å²) in [5, 5.41) is 9.42. The molecule has 4 nitrogen and oxygen atoms in total. The Morgan fingerprint density at radius 2 is 1.74 bits per heavy atom. The zero-order chi connectivity index (χ0) is 14.4. The fraction of sp³-hybridized carbons (Fsp3) is 0.533. The van der Waals surface area contributed by atoms with Gasteiger partial charge in [-0.3, -0.25) is 4.79 Å². The Morgan fingerprint density at radius 3 is 2.16 bits per heavy atom. The molecule has 0 fully saturated rings. The smallest absolute Gasteiger partial charge is 0.263 e. The Hall–Kier alpha value is -1.55. The van der Waals surface area contributed by atoms with Crippen LogP contribution in [0.15, 0.2) is 24.3 Å². The van der Waals surface area contributed by atoms with Gasteiger partial charge in [-0.1, -0.05) is 12.1 Å². The van der Waals surface area contributed by atoms with Gasteiger partial charge in [-0.05, 0) is 45.4 Å². The quantitative estimate of drug-likeness (QED) is 0.859. The summed E-state index contributed by atoms with van der Waals surface area (Å²) in [5.74, 6) is 0.627. The zero-order valence-corrected chi connectivity index (χ0v) is 12.1. The number of nitrogens with zero attached hydrogens (tertiary/aromatic N) is 1. The standard InChI is InChI=1S/C15H23NO3/c1-5-16(6-2)15(18)12(4)19-14-9-7-13(8-10-14)11(3)17/h7-12,17H,5-6H2,1-4H3. The van der Waals surface area contributed by atoms with Gasteiger partial charge in [0.05, 0.1) is 6.10 Å². The van der Waals surface area contributed by atoms with Gasteiger partial charge in [-0.15, -0.1) is 0 Å². The van der Waals surface area contributed by atoms with Crippen LogP contribution in [-0.4, -0.2) is 35.1 Å². The predicted octanol–water partition coefficient (Wildman–Crippen LogP) is 2.38. The van der Waals surface area contributed by atoms with Gasteiger partial charge < -0.3 is 14.7 Å². The molecule has 0 saturated carbocycles. The number of rotatable bonds is 6.